The first-order valence-corrected chi connectivity index (χ1v) is 5.67. The predicted molar refractivity (Wildman–Crippen MR) is 68.3 cm³/mol. The van der Waals surface area contributed by atoms with E-state index >= 15 is 0 Å². The molecule has 0 saturated carbocycles. The molecule has 1 aromatic carbocycles. The van der Waals surface area contributed by atoms with Crippen LogP contribution >= 0.6 is 0 Å². The number of benzene rings is 1. The average Bonchev–Trinajstić information content (AvgIpc) is 2.79. The van der Waals surface area contributed by atoms with E-state index in [4.69, 9.17) is 4.74 Å². The summed E-state index contributed by atoms with van der Waals surface area (Å²) < 4.78 is 20.2. The quantitative estimate of drug-likeness (QED) is 0.707. The van der Waals surface area contributed by atoms with Crippen LogP contribution in [-0.2, 0) is 7.05 Å². The van der Waals surface area contributed by atoms with Crippen LogP contribution < -0.4 is 4.74 Å². The van der Waals surface area contributed by atoms with Gasteiger partial charge in [-0.25, -0.2) is 19.3 Å². The van der Waals surface area contributed by atoms with Crippen molar-refractivity contribution in [2.75, 3.05) is 7.11 Å². The highest BCUT2D eigenvalue weighted by Crippen LogP contribution is 2.28. The maximum atomic E-state index is 13.2. The summed E-state index contributed by atoms with van der Waals surface area (Å²) in [4.78, 5) is 12.8. The van der Waals surface area contributed by atoms with E-state index in [-0.39, 0.29) is 5.82 Å². The molecule has 2 aromatic heterocycles. The SMILES string of the molecule is COc1cc(F)ccc1-c1ncc2c(ncn2C)n1. The van der Waals surface area contributed by atoms with Gasteiger partial charge < -0.3 is 9.30 Å². The fraction of sp³-hybridized carbons (Fsp3) is 0.154. The summed E-state index contributed by atoms with van der Waals surface area (Å²) >= 11 is 0. The number of hydrogen-bond donors (Lipinski definition) is 0. The minimum absolute atomic E-state index is 0.362. The molecule has 2 heterocycles. The first kappa shape index (κ1) is 11.6. The maximum absolute atomic E-state index is 13.2. The summed E-state index contributed by atoms with van der Waals surface area (Å²) in [6.07, 6.45) is 3.36. The van der Waals surface area contributed by atoms with Gasteiger partial charge in [-0.15, -0.1) is 0 Å². The standard InChI is InChI=1S/C13H11FN4O/c1-18-7-16-13-10(18)6-15-12(17-13)9-4-3-8(14)5-11(9)19-2/h3-7H,1-2H3. The second-order valence-electron chi connectivity index (χ2n) is 4.10. The van der Waals surface area contributed by atoms with E-state index in [0.29, 0.717) is 22.8 Å². The van der Waals surface area contributed by atoms with Crippen LogP contribution in [0.2, 0.25) is 0 Å². The predicted octanol–water partition coefficient (Wildman–Crippen LogP) is 2.18. The van der Waals surface area contributed by atoms with E-state index in [1.807, 2.05) is 11.6 Å². The van der Waals surface area contributed by atoms with E-state index < -0.39 is 0 Å². The molecule has 0 radical (unpaired) electrons. The number of nitrogens with zero attached hydrogens (tertiary/aromatic N) is 4. The topological polar surface area (TPSA) is 52.8 Å². The summed E-state index contributed by atoms with van der Waals surface area (Å²) in [5, 5.41) is 0. The first-order chi connectivity index (χ1) is 9.19. The van der Waals surface area contributed by atoms with E-state index in [1.54, 1.807) is 18.6 Å². The molecule has 0 bridgehead atoms. The van der Waals surface area contributed by atoms with Gasteiger partial charge in [0.05, 0.1) is 25.2 Å². The van der Waals surface area contributed by atoms with E-state index in [2.05, 4.69) is 15.0 Å². The van der Waals surface area contributed by atoms with Crippen molar-refractivity contribution in [1.82, 2.24) is 19.5 Å². The van der Waals surface area contributed by atoms with Crippen LogP contribution in [0.1, 0.15) is 0 Å². The monoisotopic (exact) mass is 258 g/mol. The van der Waals surface area contributed by atoms with Gasteiger partial charge in [-0.1, -0.05) is 0 Å². The Kier molecular flexibility index (Phi) is 2.63. The largest absolute Gasteiger partial charge is 0.496 e. The van der Waals surface area contributed by atoms with Crippen molar-refractivity contribution in [3.8, 4) is 17.1 Å². The van der Waals surface area contributed by atoms with Crippen molar-refractivity contribution < 1.29 is 9.13 Å². The third-order valence-electron chi connectivity index (χ3n) is 2.89. The Morgan fingerprint density at radius 3 is 2.89 bits per heavy atom. The van der Waals surface area contributed by atoms with Gasteiger partial charge in [0.15, 0.2) is 11.5 Å². The molecular weight excluding hydrogens is 247 g/mol. The average molecular weight is 258 g/mol. The number of aromatic nitrogens is 4. The number of imidazole rings is 1. The molecule has 3 aromatic rings. The van der Waals surface area contributed by atoms with E-state index in [0.717, 1.165) is 5.52 Å². The summed E-state index contributed by atoms with van der Waals surface area (Å²) in [6.45, 7) is 0. The minimum Gasteiger partial charge on any atom is -0.496 e. The highest BCUT2D eigenvalue weighted by molar-refractivity contribution is 5.74. The summed E-state index contributed by atoms with van der Waals surface area (Å²) in [5.74, 6) is 0.498. The smallest absolute Gasteiger partial charge is 0.181 e. The van der Waals surface area contributed by atoms with Crippen LogP contribution in [0.3, 0.4) is 0 Å². The zero-order valence-corrected chi connectivity index (χ0v) is 10.5. The lowest BCUT2D eigenvalue weighted by molar-refractivity contribution is 0.412. The molecule has 0 aliphatic heterocycles. The Morgan fingerprint density at radius 2 is 2.11 bits per heavy atom. The van der Waals surface area contributed by atoms with Gasteiger partial charge in [0.1, 0.15) is 17.1 Å². The Morgan fingerprint density at radius 1 is 1.26 bits per heavy atom. The summed E-state index contributed by atoms with van der Waals surface area (Å²) in [6, 6.07) is 4.25. The van der Waals surface area contributed by atoms with Gasteiger partial charge >= 0.3 is 0 Å². The number of ether oxygens (including phenoxy) is 1. The van der Waals surface area contributed by atoms with Gasteiger partial charge in [0, 0.05) is 13.1 Å². The van der Waals surface area contributed by atoms with Gasteiger partial charge in [0.25, 0.3) is 0 Å². The van der Waals surface area contributed by atoms with Crippen molar-refractivity contribution in [1.29, 1.82) is 0 Å². The van der Waals surface area contributed by atoms with Crippen molar-refractivity contribution in [2.24, 2.45) is 7.05 Å². The second kappa shape index (κ2) is 4.31. The fourth-order valence-electron chi connectivity index (χ4n) is 1.89. The lowest BCUT2D eigenvalue weighted by Gasteiger charge is -2.07. The Balaban J connectivity index is 2.18. The van der Waals surface area contributed by atoms with Gasteiger partial charge in [0.2, 0.25) is 0 Å². The summed E-state index contributed by atoms with van der Waals surface area (Å²) in [5.41, 5.74) is 2.07. The molecule has 0 fully saturated rings. The zero-order valence-electron chi connectivity index (χ0n) is 10.5. The minimum atomic E-state index is -0.362. The lowest BCUT2D eigenvalue weighted by atomic mass is 10.2. The molecule has 0 unspecified atom stereocenters. The number of aryl methyl sites for hydroxylation is 1. The molecule has 0 atom stereocenters. The van der Waals surface area contributed by atoms with Gasteiger partial charge in [-0.2, -0.15) is 0 Å². The van der Waals surface area contributed by atoms with Gasteiger partial charge in [-0.3, -0.25) is 0 Å². The highest BCUT2D eigenvalue weighted by Gasteiger charge is 2.11. The molecule has 96 valence electrons. The molecule has 0 saturated heterocycles. The molecule has 0 amide bonds. The fourth-order valence-corrected chi connectivity index (χ4v) is 1.89. The molecule has 0 spiro atoms. The summed E-state index contributed by atoms with van der Waals surface area (Å²) in [7, 11) is 3.36. The molecule has 5 nitrogen and oxygen atoms in total. The van der Waals surface area contributed by atoms with Gasteiger partial charge in [-0.05, 0) is 12.1 Å². The van der Waals surface area contributed by atoms with Crippen LogP contribution in [0, 0.1) is 5.82 Å². The Hall–Kier alpha value is -2.50. The van der Waals surface area contributed by atoms with E-state index in [1.165, 1.54) is 19.2 Å². The van der Waals surface area contributed by atoms with E-state index in [9.17, 15) is 4.39 Å². The first-order valence-electron chi connectivity index (χ1n) is 5.67. The maximum Gasteiger partial charge on any atom is 0.181 e. The Bertz CT molecular complexity index is 753. The highest BCUT2D eigenvalue weighted by atomic mass is 19.1. The number of halogens is 1. The van der Waals surface area contributed by atoms with Crippen molar-refractivity contribution in [3.05, 3.63) is 36.5 Å². The molecule has 0 N–H and O–H groups in total. The molecule has 0 aliphatic rings. The molecule has 0 aliphatic carbocycles. The van der Waals surface area contributed by atoms with Crippen LogP contribution in [-0.4, -0.2) is 26.6 Å². The lowest BCUT2D eigenvalue weighted by Crippen LogP contribution is -1.95. The van der Waals surface area contributed by atoms with Crippen molar-refractivity contribution >= 4 is 11.2 Å². The number of fused-ring (bicyclic) bond motifs is 1. The molecule has 19 heavy (non-hydrogen) atoms. The third-order valence-corrected chi connectivity index (χ3v) is 2.89. The Labute approximate surface area is 108 Å². The number of methoxy groups -OCH3 is 1. The van der Waals surface area contributed by atoms with Crippen LogP contribution in [0.25, 0.3) is 22.6 Å². The van der Waals surface area contributed by atoms with Crippen LogP contribution in [0.5, 0.6) is 5.75 Å². The zero-order chi connectivity index (χ0) is 13.4. The van der Waals surface area contributed by atoms with Crippen LogP contribution in [0.4, 0.5) is 4.39 Å². The van der Waals surface area contributed by atoms with Crippen molar-refractivity contribution in [3.63, 3.8) is 0 Å². The van der Waals surface area contributed by atoms with Crippen molar-refractivity contribution in [2.45, 2.75) is 0 Å². The normalized spacial score (nSPS) is 10.9. The molecular formula is C13H11FN4O. The molecule has 6 heteroatoms. The molecule has 3 rings (SSSR count). The third kappa shape index (κ3) is 1.91. The van der Waals surface area contributed by atoms with Crippen LogP contribution in [0.15, 0.2) is 30.7 Å². The second-order valence-corrected chi connectivity index (χ2v) is 4.10. The number of hydrogen-bond acceptors (Lipinski definition) is 4. The number of rotatable bonds is 2.